The Kier molecular flexibility index (Phi) is 3.91. The molecule has 0 aliphatic carbocycles. The van der Waals surface area contributed by atoms with Crippen molar-refractivity contribution < 1.29 is 9.53 Å². The first-order valence-corrected chi connectivity index (χ1v) is 4.70. The predicted octanol–water partition coefficient (Wildman–Crippen LogP) is 1.42. The van der Waals surface area contributed by atoms with Gasteiger partial charge < -0.3 is 10.5 Å². The minimum absolute atomic E-state index is 0.183. The van der Waals surface area contributed by atoms with Crippen LogP contribution >= 0.6 is 24.8 Å². The van der Waals surface area contributed by atoms with Gasteiger partial charge >= 0.3 is 0 Å². The highest BCUT2D eigenvalue weighted by Crippen LogP contribution is 2.17. The number of benzene rings is 1. The number of hydrogen-bond donors (Lipinski definition) is 2. The highest BCUT2D eigenvalue weighted by atomic mass is 32.1. The molecule has 0 saturated carbocycles. The molecule has 1 aromatic carbocycles. The summed E-state index contributed by atoms with van der Waals surface area (Å²) in [5.41, 5.74) is 5.49. The second kappa shape index (κ2) is 4.97. The van der Waals surface area contributed by atoms with E-state index in [2.05, 4.69) is 12.6 Å². The largest absolute Gasteiger partial charge is 0.487 e. The van der Waals surface area contributed by atoms with Crippen molar-refractivity contribution in [2.75, 3.05) is 6.61 Å². The van der Waals surface area contributed by atoms with Crippen LogP contribution in [0.1, 0.15) is 10.4 Å². The lowest BCUT2D eigenvalue weighted by Crippen LogP contribution is -2.14. The number of thiol groups is 1. The predicted molar refractivity (Wildman–Crippen MR) is 62.0 cm³/mol. The smallest absolute Gasteiger partial charge is 0.252 e. The molecule has 0 atom stereocenters. The van der Waals surface area contributed by atoms with Crippen molar-refractivity contribution in [3.8, 4) is 5.75 Å². The molecule has 0 aromatic heterocycles. The highest BCUT2D eigenvalue weighted by Gasteiger charge is 2.07. The van der Waals surface area contributed by atoms with Gasteiger partial charge in [-0.05, 0) is 12.1 Å². The number of para-hydroxylation sites is 1. The summed E-state index contributed by atoms with van der Waals surface area (Å²) in [6.45, 7) is 0.183. The van der Waals surface area contributed by atoms with Gasteiger partial charge in [-0.25, -0.2) is 0 Å². The summed E-state index contributed by atoms with van der Waals surface area (Å²) in [5, 5.41) is 0. The Labute approximate surface area is 92.7 Å². The van der Waals surface area contributed by atoms with E-state index in [9.17, 15) is 4.79 Å². The Morgan fingerprint density at radius 2 is 2.14 bits per heavy atom. The van der Waals surface area contributed by atoms with Gasteiger partial charge in [-0.1, -0.05) is 24.4 Å². The van der Waals surface area contributed by atoms with Crippen LogP contribution in [0, 0.1) is 0 Å². The number of carbonyl (C=O) groups is 1. The van der Waals surface area contributed by atoms with Crippen molar-refractivity contribution in [1.82, 2.24) is 0 Å². The fraction of sp³-hybridized carbons (Fsp3) is 0.111. The minimum Gasteiger partial charge on any atom is -0.487 e. The van der Waals surface area contributed by atoms with Crippen molar-refractivity contribution in [2.45, 2.75) is 0 Å². The van der Waals surface area contributed by atoms with E-state index in [1.807, 2.05) is 0 Å². The summed E-state index contributed by atoms with van der Waals surface area (Å²) < 4.78 is 5.66. The Bertz CT molecular complexity index is 366. The Morgan fingerprint density at radius 1 is 1.50 bits per heavy atom. The zero-order valence-corrected chi connectivity index (χ0v) is 8.98. The van der Waals surface area contributed by atoms with Crippen LogP contribution < -0.4 is 10.5 Å². The maximum atomic E-state index is 11.0. The van der Waals surface area contributed by atoms with Crippen molar-refractivity contribution in [2.24, 2.45) is 5.73 Å². The minimum atomic E-state index is -0.523. The standard InChI is InChI=1S/C9H9NO2S2/c10-9(11)6-3-1-2-4-7(6)12-5-8(13)14/h1-4H,5H2,(H2,10,11)(H,13,14). The third-order valence-electron chi connectivity index (χ3n) is 1.50. The Hall–Kier alpha value is -1.07. The first-order chi connectivity index (χ1) is 6.61. The van der Waals surface area contributed by atoms with Crippen LogP contribution in [0.3, 0.4) is 0 Å². The average Bonchev–Trinajstić information content (AvgIpc) is 2.15. The molecule has 0 saturated heterocycles. The molecule has 0 unspecified atom stereocenters. The van der Waals surface area contributed by atoms with E-state index in [-0.39, 0.29) is 6.61 Å². The molecule has 1 amide bonds. The fourth-order valence-corrected chi connectivity index (χ4v) is 1.06. The molecule has 5 heteroatoms. The van der Waals surface area contributed by atoms with Crippen LogP contribution in [-0.4, -0.2) is 16.7 Å². The van der Waals surface area contributed by atoms with Gasteiger partial charge in [0.15, 0.2) is 0 Å². The van der Waals surface area contributed by atoms with Crippen LogP contribution in [0.5, 0.6) is 5.75 Å². The molecule has 0 bridgehead atoms. The van der Waals surface area contributed by atoms with E-state index in [0.29, 0.717) is 15.5 Å². The molecular weight excluding hydrogens is 218 g/mol. The van der Waals surface area contributed by atoms with Crippen LogP contribution in [0.2, 0.25) is 0 Å². The third-order valence-corrected chi connectivity index (χ3v) is 1.75. The average molecular weight is 227 g/mol. The summed E-state index contributed by atoms with van der Waals surface area (Å²) in [6.07, 6.45) is 0. The van der Waals surface area contributed by atoms with Gasteiger partial charge in [0.05, 0.1) is 9.76 Å². The number of thiocarbonyl (C=S) groups is 1. The topological polar surface area (TPSA) is 52.3 Å². The van der Waals surface area contributed by atoms with Crippen LogP contribution in [0.25, 0.3) is 0 Å². The molecular formula is C9H9NO2S2. The number of amides is 1. The normalized spacial score (nSPS) is 9.50. The van der Waals surface area contributed by atoms with Gasteiger partial charge in [-0.3, -0.25) is 4.79 Å². The van der Waals surface area contributed by atoms with Gasteiger partial charge in [0, 0.05) is 0 Å². The van der Waals surface area contributed by atoms with Crippen LogP contribution in [-0.2, 0) is 0 Å². The van der Waals surface area contributed by atoms with E-state index in [1.165, 1.54) is 0 Å². The van der Waals surface area contributed by atoms with Gasteiger partial charge in [0.1, 0.15) is 12.4 Å². The van der Waals surface area contributed by atoms with Crippen molar-refractivity contribution in [1.29, 1.82) is 0 Å². The monoisotopic (exact) mass is 227 g/mol. The Balaban J connectivity index is 2.84. The van der Waals surface area contributed by atoms with Crippen molar-refractivity contribution >= 4 is 35.0 Å². The summed E-state index contributed by atoms with van der Waals surface area (Å²) in [5.74, 6) is -0.0953. The zero-order valence-electron chi connectivity index (χ0n) is 7.27. The molecule has 0 spiro atoms. The molecule has 3 nitrogen and oxygen atoms in total. The van der Waals surface area contributed by atoms with Crippen molar-refractivity contribution in [3.63, 3.8) is 0 Å². The van der Waals surface area contributed by atoms with Crippen molar-refractivity contribution in [3.05, 3.63) is 29.8 Å². The van der Waals surface area contributed by atoms with Gasteiger partial charge in [0.25, 0.3) is 5.91 Å². The van der Waals surface area contributed by atoms with Crippen LogP contribution in [0.15, 0.2) is 24.3 Å². The van der Waals surface area contributed by atoms with Gasteiger partial charge in [-0.2, -0.15) is 0 Å². The second-order valence-corrected chi connectivity index (χ2v) is 3.88. The summed E-state index contributed by atoms with van der Waals surface area (Å²) in [4.78, 5) is 11.0. The van der Waals surface area contributed by atoms with Gasteiger partial charge in [0.2, 0.25) is 0 Å². The van der Waals surface area contributed by atoms with E-state index in [0.717, 1.165) is 0 Å². The highest BCUT2D eigenvalue weighted by molar-refractivity contribution is 8.11. The molecule has 74 valence electrons. The Morgan fingerprint density at radius 3 is 2.71 bits per heavy atom. The SMILES string of the molecule is NC(=O)c1ccccc1OCC(=S)S. The molecule has 14 heavy (non-hydrogen) atoms. The molecule has 0 aliphatic heterocycles. The summed E-state index contributed by atoms with van der Waals surface area (Å²) in [6, 6.07) is 6.72. The maximum absolute atomic E-state index is 11.0. The van der Waals surface area contributed by atoms with E-state index >= 15 is 0 Å². The zero-order chi connectivity index (χ0) is 10.6. The molecule has 1 rings (SSSR count). The number of rotatable bonds is 4. The van der Waals surface area contributed by atoms with E-state index < -0.39 is 5.91 Å². The number of carbonyl (C=O) groups excluding carboxylic acids is 1. The number of nitrogens with two attached hydrogens (primary N) is 1. The molecule has 0 heterocycles. The fourth-order valence-electron chi connectivity index (χ4n) is 0.936. The molecule has 1 aromatic rings. The lowest BCUT2D eigenvalue weighted by molar-refractivity contribution is 0.0997. The second-order valence-electron chi connectivity index (χ2n) is 2.54. The first kappa shape index (κ1) is 11.0. The third kappa shape index (κ3) is 3.01. The maximum Gasteiger partial charge on any atom is 0.252 e. The lowest BCUT2D eigenvalue weighted by atomic mass is 10.2. The number of ether oxygens (including phenoxy) is 1. The number of hydrogen-bond acceptors (Lipinski definition) is 3. The molecule has 0 radical (unpaired) electrons. The number of primary amides is 1. The van der Waals surface area contributed by atoms with E-state index in [1.54, 1.807) is 24.3 Å². The summed E-state index contributed by atoms with van der Waals surface area (Å²) >= 11 is 8.63. The summed E-state index contributed by atoms with van der Waals surface area (Å²) in [7, 11) is 0. The molecule has 0 aliphatic rings. The lowest BCUT2D eigenvalue weighted by Gasteiger charge is -2.07. The molecule has 2 N–H and O–H groups in total. The van der Waals surface area contributed by atoms with Crippen LogP contribution in [0.4, 0.5) is 0 Å². The van der Waals surface area contributed by atoms with Gasteiger partial charge in [-0.15, -0.1) is 12.6 Å². The van der Waals surface area contributed by atoms with E-state index in [4.69, 9.17) is 22.7 Å². The first-order valence-electron chi connectivity index (χ1n) is 3.84. The molecule has 0 fully saturated rings. The quantitative estimate of drug-likeness (QED) is 0.604.